The minimum Gasteiger partial charge on any atom is -0.492 e. The molecule has 7 nitrogen and oxygen atoms in total. The summed E-state index contributed by atoms with van der Waals surface area (Å²) in [6.45, 7) is 3.42. The van der Waals surface area contributed by atoms with Crippen molar-refractivity contribution in [3.8, 4) is 11.5 Å². The molecule has 0 heterocycles. The first kappa shape index (κ1) is 24.9. The smallest absolute Gasteiger partial charge is 0.458 e. The van der Waals surface area contributed by atoms with Crippen molar-refractivity contribution in [1.29, 1.82) is 0 Å². The molecule has 2 amide bonds. The number of methoxy groups -OCH3 is 1. The number of halogens is 4. The van der Waals surface area contributed by atoms with E-state index in [9.17, 15) is 27.2 Å². The van der Waals surface area contributed by atoms with Crippen LogP contribution in [-0.4, -0.2) is 44.2 Å². The van der Waals surface area contributed by atoms with E-state index in [0.29, 0.717) is 12.7 Å². The van der Waals surface area contributed by atoms with Crippen LogP contribution in [0.25, 0.3) is 0 Å². The van der Waals surface area contributed by atoms with Crippen LogP contribution in [0.15, 0.2) is 42.5 Å². The summed E-state index contributed by atoms with van der Waals surface area (Å²) in [6.07, 6.45) is -5.62. The van der Waals surface area contributed by atoms with Crippen molar-refractivity contribution in [2.75, 3.05) is 31.0 Å². The maximum absolute atomic E-state index is 14.2. The van der Waals surface area contributed by atoms with Crippen LogP contribution in [0.5, 0.6) is 11.5 Å². The van der Waals surface area contributed by atoms with E-state index in [-0.39, 0.29) is 36.1 Å². The molecule has 0 saturated heterocycles. The number of carbonyl (C=O) groups excluding carboxylic acids is 2. The molecule has 0 spiro atoms. The lowest BCUT2D eigenvalue weighted by atomic mass is 10.1. The van der Waals surface area contributed by atoms with Crippen molar-refractivity contribution in [3.63, 3.8) is 0 Å². The van der Waals surface area contributed by atoms with Gasteiger partial charge in [-0.05, 0) is 26.0 Å². The summed E-state index contributed by atoms with van der Waals surface area (Å²) in [5.74, 6) is -7.26. The molecule has 11 heteroatoms. The Hall–Kier alpha value is -3.34. The number of anilines is 2. The predicted molar refractivity (Wildman–Crippen MR) is 109 cm³/mol. The average Bonchev–Trinajstić information content (AvgIpc) is 2.75. The first-order chi connectivity index (χ1) is 15.1. The van der Waals surface area contributed by atoms with Crippen LogP contribution in [0.3, 0.4) is 0 Å². The molecule has 0 aliphatic rings. The topological polar surface area (TPSA) is 85.9 Å². The van der Waals surface area contributed by atoms with Crippen molar-refractivity contribution >= 4 is 23.2 Å². The molecule has 32 heavy (non-hydrogen) atoms. The number of amides is 2. The van der Waals surface area contributed by atoms with Crippen LogP contribution >= 0.6 is 0 Å². The van der Waals surface area contributed by atoms with E-state index in [2.05, 4.69) is 10.1 Å². The highest BCUT2D eigenvalue weighted by Gasteiger charge is 2.63. The number of carbonyl (C=O) groups is 2. The van der Waals surface area contributed by atoms with Crippen molar-refractivity contribution in [2.45, 2.75) is 25.9 Å². The molecule has 174 valence electrons. The van der Waals surface area contributed by atoms with Gasteiger partial charge in [0.15, 0.2) is 0 Å². The number of hydrogen-bond acceptors (Lipinski definition) is 5. The lowest BCUT2D eigenvalue weighted by Crippen LogP contribution is -2.52. The van der Waals surface area contributed by atoms with Gasteiger partial charge < -0.3 is 24.8 Å². The average molecular weight is 458 g/mol. The van der Waals surface area contributed by atoms with Crippen LogP contribution in [0.2, 0.25) is 0 Å². The molecule has 2 aromatic carbocycles. The van der Waals surface area contributed by atoms with Gasteiger partial charge in [-0.15, -0.1) is 0 Å². The number of rotatable bonds is 9. The summed E-state index contributed by atoms with van der Waals surface area (Å²) in [5.41, 5.74) is 0.176. The summed E-state index contributed by atoms with van der Waals surface area (Å²) in [6, 6.07) is 10.6. The predicted octanol–water partition coefficient (Wildman–Crippen LogP) is 4.55. The van der Waals surface area contributed by atoms with Crippen LogP contribution in [0, 0.1) is 0 Å². The Bertz CT molecular complexity index is 953. The third-order valence-electron chi connectivity index (χ3n) is 4.15. The molecule has 2 aromatic rings. The van der Waals surface area contributed by atoms with Gasteiger partial charge in [-0.2, -0.15) is 17.6 Å². The number of nitrogens with one attached hydrogen (secondary N) is 2. The van der Waals surface area contributed by atoms with Crippen molar-refractivity contribution in [1.82, 2.24) is 0 Å². The Kier molecular flexibility index (Phi) is 8.03. The molecule has 0 saturated carbocycles. The Balaban J connectivity index is 2.45. The minimum absolute atomic E-state index is 0.0180. The number of alkyl halides is 4. The number of benzene rings is 2. The van der Waals surface area contributed by atoms with Gasteiger partial charge in [0.1, 0.15) is 11.5 Å². The van der Waals surface area contributed by atoms with Gasteiger partial charge in [-0.1, -0.05) is 18.2 Å². The zero-order valence-corrected chi connectivity index (χ0v) is 17.5. The first-order valence-electron chi connectivity index (χ1n) is 9.49. The summed E-state index contributed by atoms with van der Waals surface area (Å²) in [5, 5.41) is 4.45. The Morgan fingerprint density at radius 1 is 0.875 bits per heavy atom. The van der Waals surface area contributed by atoms with Gasteiger partial charge in [-0.25, -0.2) is 0 Å². The molecule has 0 aliphatic carbocycles. The highest BCUT2D eigenvalue weighted by molar-refractivity contribution is 6.06. The highest BCUT2D eigenvalue weighted by atomic mass is 19.4. The van der Waals surface area contributed by atoms with E-state index in [1.807, 2.05) is 5.32 Å². The Morgan fingerprint density at radius 3 is 1.81 bits per heavy atom. The second kappa shape index (κ2) is 10.3. The van der Waals surface area contributed by atoms with Crippen molar-refractivity contribution < 1.29 is 41.4 Å². The van der Waals surface area contributed by atoms with Gasteiger partial charge in [0.25, 0.3) is 11.8 Å². The molecule has 0 radical (unpaired) electrons. The second-order valence-corrected chi connectivity index (χ2v) is 6.28. The Labute approximate surface area is 181 Å². The third kappa shape index (κ3) is 5.47. The highest BCUT2D eigenvalue weighted by Crippen LogP contribution is 2.40. The monoisotopic (exact) mass is 458 g/mol. The summed E-state index contributed by atoms with van der Waals surface area (Å²) in [7, 11) is 0.421. The van der Waals surface area contributed by atoms with E-state index < -0.39 is 23.8 Å². The summed E-state index contributed by atoms with van der Waals surface area (Å²) < 4.78 is 67.9. The van der Waals surface area contributed by atoms with E-state index in [0.717, 1.165) is 6.07 Å². The van der Waals surface area contributed by atoms with Crippen LogP contribution < -0.4 is 20.1 Å². The van der Waals surface area contributed by atoms with Crippen LogP contribution in [0.1, 0.15) is 24.2 Å². The molecule has 0 bridgehead atoms. The second-order valence-electron chi connectivity index (χ2n) is 6.28. The fourth-order valence-corrected chi connectivity index (χ4v) is 2.63. The van der Waals surface area contributed by atoms with Gasteiger partial charge >= 0.3 is 12.0 Å². The van der Waals surface area contributed by atoms with E-state index in [4.69, 9.17) is 9.47 Å². The zero-order valence-electron chi connectivity index (χ0n) is 17.5. The van der Waals surface area contributed by atoms with E-state index >= 15 is 0 Å². The molecule has 2 N–H and O–H groups in total. The third-order valence-corrected chi connectivity index (χ3v) is 4.15. The van der Waals surface area contributed by atoms with Crippen molar-refractivity contribution in [2.24, 2.45) is 0 Å². The molecule has 2 rings (SSSR count). The largest absolute Gasteiger partial charge is 0.492 e. The van der Waals surface area contributed by atoms with Gasteiger partial charge in [0.2, 0.25) is 0 Å². The fraction of sp³-hybridized carbons (Fsp3) is 0.333. The van der Waals surface area contributed by atoms with Gasteiger partial charge in [0, 0.05) is 24.8 Å². The molecular formula is C21H22F4N2O5. The number of ether oxygens (including phenoxy) is 3. The van der Waals surface area contributed by atoms with Crippen LogP contribution in [0.4, 0.5) is 28.9 Å². The molecule has 1 atom stereocenters. The molecule has 0 aliphatic heterocycles. The lowest BCUT2D eigenvalue weighted by molar-refractivity contribution is -0.305. The maximum Gasteiger partial charge on any atom is 0.458 e. The van der Waals surface area contributed by atoms with Gasteiger partial charge in [-0.3, -0.25) is 9.59 Å². The lowest BCUT2D eigenvalue weighted by Gasteiger charge is -2.25. The minimum atomic E-state index is -5.62. The number of hydrogen-bond donors (Lipinski definition) is 2. The normalized spacial score (nSPS) is 13.1. The van der Waals surface area contributed by atoms with Crippen molar-refractivity contribution in [3.05, 3.63) is 48.0 Å². The Morgan fingerprint density at radius 2 is 1.38 bits per heavy atom. The summed E-state index contributed by atoms with van der Waals surface area (Å²) in [4.78, 5) is 24.6. The van der Waals surface area contributed by atoms with Crippen LogP contribution in [-0.2, 0) is 9.53 Å². The summed E-state index contributed by atoms with van der Waals surface area (Å²) >= 11 is 0. The molecule has 0 aromatic heterocycles. The zero-order chi connectivity index (χ0) is 23.9. The fourth-order valence-electron chi connectivity index (χ4n) is 2.63. The maximum atomic E-state index is 14.2. The van der Waals surface area contributed by atoms with E-state index in [1.165, 1.54) is 6.07 Å². The van der Waals surface area contributed by atoms with E-state index in [1.54, 1.807) is 44.2 Å². The standard InChI is InChI=1S/C21H22F4N2O5/c1-4-31-16-12-15(27-19(29)20(22,30-3)21(23,24)25)17(32-5-2)11-14(16)26-18(28)13-9-7-6-8-10-13/h6-12H,4-5H2,1-3H3,(H,26,28)(H,27,29)/t20-/m0/s1. The SMILES string of the molecule is CCOc1cc(NC(=O)[C@](F)(OC)C(F)(F)F)c(OCC)cc1NC(=O)c1ccccc1. The quantitative estimate of drug-likeness (QED) is 0.539. The molecule has 0 fully saturated rings. The molecule has 0 unspecified atom stereocenters. The van der Waals surface area contributed by atoms with Gasteiger partial charge in [0.05, 0.1) is 24.6 Å². The molecular weight excluding hydrogens is 436 g/mol. The first-order valence-corrected chi connectivity index (χ1v) is 9.49.